The van der Waals surface area contributed by atoms with Gasteiger partial charge in [0, 0.05) is 0 Å². The molecular formula is C18H45NO5Si4. The predicted molar refractivity (Wildman–Crippen MR) is 129 cm³/mol. The molecule has 0 fully saturated rings. The highest BCUT2D eigenvalue weighted by atomic mass is 28.4. The molecule has 0 aliphatic carbocycles. The van der Waals surface area contributed by atoms with E-state index < -0.39 is 45.0 Å². The van der Waals surface area contributed by atoms with Crippen LogP contribution in [-0.2, 0) is 22.5 Å². The van der Waals surface area contributed by atoms with Crippen molar-refractivity contribution in [3.63, 3.8) is 0 Å². The molecule has 1 atom stereocenters. The first-order chi connectivity index (χ1) is 12.3. The molecule has 0 bridgehead atoms. The van der Waals surface area contributed by atoms with Crippen LogP contribution in [0.3, 0.4) is 0 Å². The summed E-state index contributed by atoms with van der Waals surface area (Å²) >= 11 is 0. The molecule has 28 heavy (non-hydrogen) atoms. The van der Waals surface area contributed by atoms with Gasteiger partial charge in [-0.25, -0.2) is 0 Å². The lowest BCUT2D eigenvalue weighted by Crippen LogP contribution is -2.62. The molecule has 0 spiro atoms. The number of rotatable bonds is 13. The Morgan fingerprint density at radius 3 is 1.43 bits per heavy atom. The van der Waals surface area contributed by atoms with Gasteiger partial charge in [0.05, 0.1) is 19.4 Å². The lowest BCUT2D eigenvalue weighted by atomic mass is 10.00. The van der Waals surface area contributed by atoms with Crippen molar-refractivity contribution < 1.29 is 22.5 Å². The molecule has 0 saturated carbocycles. The third-order valence-corrected chi connectivity index (χ3v) is 7.31. The van der Waals surface area contributed by atoms with Gasteiger partial charge < -0.3 is 22.5 Å². The second-order valence-electron chi connectivity index (χ2n) is 11.2. The molecule has 0 rings (SSSR count). The van der Waals surface area contributed by atoms with Crippen molar-refractivity contribution in [3.05, 3.63) is 0 Å². The van der Waals surface area contributed by atoms with Crippen LogP contribution in [0, 0.1) is 0 Å². The molecule has 0 aliphatic rings. The monoisotopic (exact) mass is 467 g/mol. The highest BCUT2D eigenvalue weighted by molar-refractivity contribution is 6.71. The van der Waals surface area contributed by atoms with Gasteiger partial charge in [-0.15, -0.1) is 0 Å². The molecule has 0 aromatic heterocycles. The lowest BCUT2D eigenvalue weighted by Gasteiger charge is -2.46. The first kappa shape index (κ1) is 28.2. The Hall–Kier alpha value is 0.178. The van der Waals surface area contributed by atoms with Crippen LogP contribution in [0.15, 0.2) is 5.16 Å². The van der Waals surface area contributed by atoms with Crippen molar-refractivity contribution in [2.45, 2.75) is 90.3 Å². The van der Waals surface area contributed by atoms with Crippen LogP contribution < -0.4 is 0 Å². The molecule has 0 aliphatic heterocycles. The average Bonchev–Trinajstić information content (AvgIpc) is 2.42. The zero-order chi connectivity index (χ0) is 22.4. The lowest BCUT2D eigenvalue weighted by molar-refractivity contribution is -0.0793. The van der Waals surface area contributed by atoms with Gasteiger partial charge >= 0.3 is 0 Å². The maximum absolute atomic E-state index is 6.81. The molecule has 0 aromatic carbocycles. The quantitative estimate of drug-likeness (QED) is 0.213. The van der Waals surface area contributed by atoms with Gasteiger partial charge in [0.1, 0.15) is 18.8 Å². The van der Waals surface area contributed by atoms with E-state index in [1.54, 1.807) is 13.3 Å². The van der Waals surface area contributed by atoms with Gasteiger partial charge in [0.2, 0.25) is 0 Å². The first-order valence-corrected chi connectivity index (χ1v) is 23.6. The molecule has 0 heterocycles. The fraction of sp³-hybridized carbons (Fsp3) is 0.944. The summed E-state index contributed by atoms with van der Waals surface area (Å²) in [6.07, 6.45) is 1.32. The summed E-state index contributed by atoms with van der Waals surface area (Å²) in [5.74, 6) is 0. The molecule has 0 unspecified atom stereocenters. The van der Waals surface area contributed by atoms with Gasteiger partial charge in [-0.05, 0) is 78.6 Å². The van der Waals surface area contributed by atoms with E-state index >= 15 is 0 Å². The molecule has 168 valence electrons. The minimum Gasteiger partial charge on any atom is -0.415 e. The Labute approximate surface area is 177 Å². The predicted octanol–water partition coefficient (Wildman–Crippen LogP) is 5.13. The van der Waals surface area contributed by atoms with Crippen LogP contribution in [0.2, 0.25) is 78.6 Å². The highest BCUT2D eigenvalue weighted by Crippen LogP contribution is 2.29. The average molecular weight is 468 g/mol. The normalized spacial score (nSPS) is 15.9. The highest BCUT2D eigenvalue weighted by Gasteiger charge is 2.47. The van der Waals surface area contributed by atoms with Crippen molar-refractivity contribution in [2.24, 2.45) is 5.16 Å². The second-order valence-corrected chi connectivity index (χ2v) is 29.1. The Morgan fingerprint density at radius 2 is 1.14 bits per heavy atom. The SMILES string of the molecule is CO/N=C\[C@H](O[Si](C)(C)C)C(CO[Si](C)(C)C)(CO[Si](C)(C)C)O[Si](C)(C)C. The van der Waals surface area contributed by atoms with Crippen molar-refractivity contribution in [3.8, 4) is 0 Å². The maximum atomic E-state index is 6.81. The number of hydrogen-bond donors (Lipinski definition) is 0. The summed E-state index contributed by atoms with van der Waals surface area (Å²) in [6.45, 7) is 27.0. The maximum Gasteiger partial charge on any atom is 0.184 e. The molecule has 0 saturated heterocycles. The van der Waals surface area contributed by atoms with E-state index in [9.17, 15) is 0 Å². The molecule has 10 heteroatoms. The van der Waals surface area contributed by atoms with E-state index in [1.165, 1.54) is 0 Å². The third-order valence-electron chi connectivity index (χ3n) is 3.31. The third kappa shape index (κ3) is 13.4. The van der Waals surface area contributed by atoms with Crippen LogP contribution in [-0.4, -0.2) is 71.5 Å². The Balaban J connectivity index is 6.25. The smallest absolute Gasteiger partial charge is 0.184 e. The van der Waals surface area contributed by atoms with Crippen LogP contribution in [0.5, 0.6) is 0 Å². The van der Waals surface area contributed by atoms with Crippen molar-refractivity contribution >= 4 is 39.5 Å². The minimum absolute atomic E-state index is 0.404. The standard InChI is InChI=1S/C18H45NO5Si4/c1-20-19-14-17(23-27(8,9)10)18(24-28(11,12)13,15-21-25(2,3)4)16-22-26(5,6)7/h14,17H,15-16H2,1-13H3/b19-14-/t17-/m0/s1. The molecule has 0 radical (unpaired) electrons. The Morgan fingerprint density at radius 1 is 0.714 bits per heavy atom. The van der Waals surface area contributed by atoms with Crippen molar-refractivity contribution in [1.29, 1.82) is 0 Å². The van der Waals surface area contributed by atoms with E-state index in [4.69, 9.17) is 22.5 Å². The molecule has 0 N–H and O–H groups in total. The van der Waals surface area contributed by atoms with E-state index in [2.05, 4.69) is 83.7 Å². The molecular weight excluding hydrogens is 423 g/mol. The Bertz CT molecular complexity index is 472. The van der Waals surface area contributed by atoms with Crippen LogP contribution >= 0.6 is 0 Å². The Kier molecular flexibility index (Phi) is 10.5. The van der Waals surface area contributed by atoms with E-state index in [-0.39, 0.29) is 0 Å². The van der Waals surface area contributed by atoms with Crippen LogP contribution in [0.25, 0.3) is 0 Å². The minimum atomic E-state index is -1.96. The van der Waals surface area contributed by atoms with E-state index in [0.29, 0.717) is 13.2 Å². The molecule has 6 nitrogen and oxygen atoms in total. The largest absolute Gasteiger partial charge is 0.415 e. The fourth-order valence-electron chi connectivity index (χ4n) is 2.38. The summed E-state index contributed by atoms with van der Waals surface area (Å²) in [5.41, 5.74) is -0.757. The summed E-state index contributed by atoms with van der Waals surface area (Å²) in [7, 11) is -5.89. The second kappa shape index (κ2) is 10.5. The number of oxime groups is 1. The zero-order valence-electron chi connectivity index (χ0n) is 20.6. The van der Waals surface area contributed by atoms with Crippen LogP contribution in [0.1, 0.15) is 0 Å². The van der Waals surface area contributed by atoms with Gasteiger partial charge in [-0.1, -0.05) is 5.16 Å². The van der Waals surface area contributed by atoms with E-state index in [1.807, 2.05) is 0 Å². The number of hydrogen-bond acceptors (Lipinski definition) is 6. The fourth-order valence-corrected chi connectivity index (χ4v) is 6.23. The molecule has 0 aromatic rings. The van der Waals surface area contributed by atoms with Crippen LogP contribution in [0.4, 0.5) is 0 Å². The van der Waals surface area contributed by atoms with Gasteiger partial charge in [0.25, 0.3) is 0 Å². The topological polar surface area (TPSA) is 58.5 Å². The van der Waals surface area contributed by atoms with Gasteiger partial charge in [0.15, 0.2) is 33.3 Å². The van der Waals surface area contributed by atoms with E-state index in [0.717, 1.165) is 0 Å². The van der Waals surface area contributed by atoms with Crippen molar-refractivity contribution in [2.75, 3.05) is 20.3 Å². The van der Waals surface area contributed by atoms with Gasteiger partial charge in [-0.3, -0.25) is 0 Å². The zero-order valence-corrected chi connectivity index (χ0v) is 24.6. The summed E-state index contributed by atoms with van der Waals surface area (Å²) in [4.78, 5) is 5.00. The van der Waals surface area contributed by atoms with Crippen molar-refractivity contribution in [1.82, 2.24) is 0 Å². The first-order valence-electron chi connectivity index (χ1n) is 10.0. The summed E-state index contributed by atoms with van der Waals surface area (Å²) in [6, 6.07) is 0. The summed E-state index contributed by atoms with van der Waals surface area (Å²) in [5, 5.41) is 4.06. The molecule has 0 amide bonds. The number of nitrogens with zero attached hydrogens (tertiary/aromatic N) is 1. The summed E-state index contributed by atoms with van der Waals surface area (Å²) < 4.78 is 26.1. The van der Waals surface area contributed by atoms with Gasteiger partial charge in [-0.2, -0.15) is 0 Å².